The number of piperidine rings is 1. The van der Waals surface area contributed by atoms with E-state index in [0.717, 1.165) is 43.4 Å². The van der Waals surface area contributed by atoms with Crippen LogP contribution in [0.4, 0.5) is 11.4 Å². The van der Waals surface area contributed by atoms with Crippen LogP contribution in [0.25, 0.3) is 0 Å². The molecule has 10 nitrogen and oxygen atoms in total. The van der Waals surface area contributed by atoms with Gasteiger partial charge in [0.25, 0.3) is 0 Å². The molecule has 0 aliphatic carbocycles. The van der Waals surface area contributed by atoms with Gasteiger partial charge in [0.05, 0.1) is 22.9 Å². The van der Waals surface area contributed by atoms with E-state index in [-0.39, 0.29) is 35.5 Å². The lowest BCUT2D eigenvalue weighted by Crippen LogP contribution is -2.43. The molecule has 0 saturated carbocycles. The van der Waals surface area contributed by atoms with Crippen LogP contribution >= 0.6 is 0 Å². The molecule has 4 rings (SSSR count). The molecule has 39 heavy (non-hydrogen) atoms. The number of benzene rings is 3. The second-order valence-electron chi connectivity index (χ2n) is 9.64. The first-order valence-corrected chi connectivity index (χ1v) is 16.0. The van der Waals surface area contributed by atoms with Gasteiger partial charge in [-0.05, 0) is 60.4 Å². The van der Waals surface area contributed by atoms with E-state index in [9.17, 15) is 27.0 Å². The highest BCUT2D eigenvalue weighted by molar-refractivity contribution is 7.92. The van der Waals surface area contributed by atoms with Gasteiger partial charge in [-0.1, -0.05) is 36.4 Å². The molecule has 0 aromatic heterocycles. The van der Waals surface area contributed by atoms with Crippen molar-refractivity contribution in [1.29, 1.82) is 0 Å². The molecule has 1 fully saturated rings. The van der Waals surface area contributed by atoms with Crippen molar-refractivity contribution in [3.63, 3.8) is 0 Å². The Hall–Kier alpha value is -3.16. The third-order valence-electron chi connectivity index (χ3n) is 6.62. The Morgan fingerprint density at radius 2 is 1.62 bits per heavy atom. The summed E-state index contributed by atoms with van der Waals surface area (Å²) in [5.41, 5.74) is 2.34. The number of rotatable bonds is 11. The van der Waals surface area contributed by atoms with Gasteiger partial charge in [-0.3, -0.25) is 4.72 Å². The number of aliphatic hydroxyl groups is 1. The molecular formula is C27H34N4O6S2. The molecule has 0 spiro atoms. The van der Waals surface area contributed by atoms with Crippen molar-refractivity contribution >= 4 is 31.4 Å². The van der Waals surface area contributed by atoms with Crippen molar-refractivity contribution in [1.82, 2.24) is 10.0 Å². The van der Waals surface area contributed by atoms with Crippen LogP contribution in [0.2, 0.25) is 0 Å². The fraction of sp³-hybridized carbons (Fsp3) is 0.333. The third kappa shape index (κ3) is 8.16. The molecule has 1 unspecified atom stereocenters. The van der Waals surface area contributed by atoms with Crippen LogP contribution < -0.4 is 19.7 Å². The number of aromatic hydroxyl groups is 1. The number of nitrogens with one attached hydrogen (secondary N) is 3. The fourth-order valence-corrected chi connectivity index (χ4v) is 6.05. The lowest BCUT2D eigenvalue weighted by atomic mass is 10.0. The van der Waals surface area contributed by atoms with E-state index in [0.29, 0.717) is 5.56 Å². The molecule has 12 heteroatoms. The molecule has 1 saturated heterocycles. The zero-order valence-corrected chi connectivity index (χ0v) is 23.2. The molecular weight excluding hydrogens is 540 g/mol. The van der Waals surface area contributed by atoms with Gasteiger partial charge in [0, 0.05) is 37.9 Å². The summed E-state index contributed by atoms with van der Waals surface area (Å²) in [4.78, 5) is 2.42. The quantitative estimate of drug-likeness (QED) is 0.220. The Labute approximate surface area is 229 Å². The SMILES string of the molecule is CS(=O)(=O)Nc1cc(C(O)CNC2CCN(c3ccc(S(=O)(=O)NCc4ccccc4)cc3)CC2)ccc1O. The summed E-state index contributed by atoms with van der Waals surface area (Å²) in [5.74, 6) is -0.217. The number of phenols is 1. The molecule has 3 aromatic rings. The zero-order chi connectivity index (χ0) is 28.0. The number of nitrogens with zero attached hydrogens (tertiary/aromatic N) is 1. The Kier molecular flexibility index (Phi) is 9.13. The fourth-order valence-electron chi connectivity index (χ4n) is 4.47. The first-order valence-electron chi connectivity index (χ1n) is 12.6. The molecule has 1 heterocycles. The molecule has 3 aromatic carbocycles. The van der Waals surface area contributed by atoms with Crippen LogP contribution in [0.5, 0.6) is 5.75 Å². The van der Waals surface area contributed by atoms with Gasteiger partial charge >= 0.3 is 0 Å². The smallest absolute Gasteiger partial charge is 0.240 e. The van der Waals surface area contributed by atoms with Gasteiger partial charge in [0.1, 0.15) is 5.75 Å². The van der Waals surface area contributed by atoms with E-state index in [4.69, 9.17) is 0 Å². The lowest BCUT2D eigenvalue weighted by molar-refractivity contribution is 0.167. The summed E-state index contributed by atoms with van der Waals surface area (Å²) < 4.78 is 53.2. The summed E-state index contributed by atoms with van der Waals surface area (Å²) in [7, 11) is -7.18. The number of aliphatic hydroxyl groups excluding tert-OH is 1. The zero-order valence-electron chi connectivity index (χ0n) is 21.6. The van der Waals surface area contributed by atoms with Crippen molar-refractivity contribution in [3.05, 3.63) is 83.9 Å². The normalized spacial score (nSPS) is 15.7. The lowest BCUT2D eigenvalue weighted by Gasteiger charge is -2.34. The van der Waals surface area contributed by atoms with E-state index in [1.165, 1.54) is 12.1 Å². The highest BCUT2D eigenvalue weighted by Gasteiger charge is 2.22. The summed E-state index contributed by atoms with van der Waals surface area (Å²) in [5, 5.41) is 23.9. The van der Waals surface area contributed by atoms with Gasteiger partial charge in [-0.25, -0.2) is 21.6 Å². The van der Waals surface area contributed by atoms with Crippen LogP contribution in [0.3, 0.4) is 0 Å². The molecule has 1 aliphatic heterocycles. The van der Waals surface area contributed by atoms with E-state index in [2.05, 4.69) is 19.7 Å². The van der Waals surface area contributed by atoms with E-state index >= 15 is 0 Å². The summed E-state index contributed by atoms with van der Waals surface area (Å²) in [6, 6.07) is 20.7. The van der Waals surface area contributed by atoms with Crippen LogP contribution in [0.15, 0.2) is 77.7 Å². The van der Waals surface area contributed by atoms with Crippen LogP contribution in [-0.4, -0.2) is 59.0 Å². The third-order valence-corrected chi connectivity index (χ3v) is 8.62. The van der Waals surface area contributed by atoms with Gasteiger partial charge in [0.2, 0.25) is 20.0 Å². The predicted octanol–water partition coefficient (Wildman–Crippen LogP) is 2.53. The van der Waals surface area contributed by atoms with Crippen molar-refractivity contribution in [3.8, 4) is 5.75 Å². The average Bonchev–Trinajstić information content (AvgIpc) is 2.92. The maximum absolute atomic E-state index is 12.7. The second kappa shape index (κ2) is 12.3. The molecule has 1 atom stereocenters. The van der Waals surface area contributed by atoms with Crippen molar-refractivity contribution in [2.75, 3.05) is 35.5 Å². The first kappa shape index (κ1) is 28.8. The molecule has 210 valence electrons. The summed E-state index contributed by atoms with van der Waals surface area (Å²) in [6.45, 7) is 2.05. The number of hydrogen-bond acceptors (Lipinski definition) is 8. The standard InChI is InChI=1S/C27H34N4O6S2/c1-38(34,35)30-25-17-21(7-12-26(25)32)27(33)19-28-22-13-15-31(16-14-22)23-8-10-24(11-9-23)39(36,37)29-18-20-5-3-2-4-6-20/h2-12,17,22,27-30,32-33H,13-16,18-19H2,1H3. The number of phenolic OH excluding ortho intramolecular Hbond substituents is 1. The van der Waals surface area contributed by atoms with Crippen LogP contribution in [0, 0.1) is 0 Å². The van der Waals surface area contributed by atoms with Gasteiger partial charge in [-0.15, -0.1) is 0 Å². The minimum absolute atomic E-state index is 0.0214. The number of hydrogen-bond donors (Lipinski definition) is 5. The molecule has 5 N–H and O–H groups in total. The maximum Gasteiger partial charge on any atom is 0.240 e. The highest BCUT2D eigenvalue weighted by atomic mass is 32.2. The molecule has 0 radical (unpaired) electrons. The molecule has 0 bridgehead atoms. The first-order chi connectivity index (χ1) is 18.5. The van der Waals surface area contributed by atoms with Crippen LogP contribution in [0.1, 0.15) is 30.1 Å². The van der Waals surface area contributed by atoms with E-state index in [1.54, 1.807) is 18.2 Å². The van der Waals surface area contributed by atoms with Gasteiger partial charge in [-0.2, -0.15) is 0 Å². The second-order valence-corrected chi connectivity index (χ2v) is 13.2. The Morgan fingerprint density at radius 3 is 2.26 bits per heavy atom. The Morgan fingerprint density at radius 1 is 0.949 bits per heavy atom. The minimum atomic E-state index is -3.62. The number of anilines is 2. The Bertz CT molecular complexity index is 1460. The largest absolute Gasteiger partial charge is 0.506 e. The molecule has 1 aliphatic rings. The molecule has 0 amide bonds. The summed E-state index contributed by atoms with van der Waals surface area (Å²) >= 11 is 0. The van der Waals surface area contributed by atoms with Crippen LogP contribution in [-0.2, 0) is 26.6 Å². The monoisotopic (exact) mass is 574 g/mol. The van der Waals surface area contributed by atoms with Gasteiger partial charge in [0.15, 0.2) is 0 Å². The van der Waals surface area contributed by atoms with E-state index in [1.807, 2.05) is 42.5 Å². The topological polar surface area (TPSA) is 148 Å². The highest BCUT2D eigenvalue weighted by Crippen LogP contribution is 2.28. The van der Waals surface area contributed by atoms with Crippen molar-refractivity contribution in [2.24, 2.45) is 0 Å². The predicted molar refractivity (Wildman–Crippen MR) is 152 cm³/mol. The summed E-state index contributed by atoms with van der Waals surface area (Å²) in [6.07, 6.45) is 1.78. The minimum Gasteiger partial charge on any atom is -0.506 e. The van der Waals surface area contributed by atoms with Crippen molar-refractivity contribution < 1.29 is 27.0 Å². The number of sulfonamides is 2. The van der Waals surface area contributed by atoms with E-state index < -0.39 is 26.2 Å². The Balaban J connectivity index is 1.26. The van der Waals surface area contributed by atoms with Gasteiger partial charge < -0.3 is 20.4 Å². The average molecular weight is 575 g/mol. The van der Waals surface area contributed by atoms with Crippen molar-refractivity contribution in [2.45, 2.75) is 36.4 Å². The maximum atomic E-state index is 12.7.